The quantitative estimate of drug-likeness (QED) is 0.705. The molecule has 7 nitrogen and oxygen atoms in total. The van der Waals surface area contributed by atoms with Gasteiger partial charge in [0.1, 0.15) is 0 Å². The highest BCUT2D eigenvalue weighted by Crippen LogP contribution is 2.15. The molecule has 3 rings (SSSR count). The number of hydrogen-bond acceptors (Lipinski definition) is 5. The Balaban J connectivity index is 1.45. The number of benzene rings is 1. The van der Waals surface area contributed by atoms with Crippen LogP contribution >= 0.6 is 0 Å². The van der Waals surface area contributed by atoms with Crippen molar-refractivity contribution in [2.45, 2.75) is 33.1 Å². The zero-order chi connectivity index (χ0) is 18.5. The Morgan fingerprint density at radius 2 is 1.96 bits per heavy atom. The number of amides is 1. The van der Waals surface area contributed by atoms with Crippen LogP contribution in [0.2, 0.25) is 0 Å². The SMILES string of the molecule is Cc1nn(C)c(C)c1CCC(=O)NCCc1nc(-c2ccccc2)no1. The summed E-state index contributed by atoms with van der Waals surface area (Å²) in [6, 6.07) is 9.65. The van der Waals surface area contributed by atoms with Crippen molar-refractivity contribution in [1.29, 1.82) is 0 Å². The van der Waals surface area contributed by atoms with Gasteiger partial charge in [-0.05, 0) is 25.8 Å². The summed E-state index contributed by atoms with van der Waals surface area (Å²) in [6.45, 7) is 4.47. The minimum absolute atomic E-state index is 0.00968. The van der Waals surface area contributed by atoms with Gasteiger partial charge in [0.25, 0.3) is 0 Å². The molecular formula is C19H23N5O2. The molecule has 0 radical (unpaired) electrons. The van der Waals surface area contributed by atoms with E-state index in [1.165, 1.54) is 0 Å². The van der Waals surface area contributed by atoms with Crippen molar-refractivity contribution < 1.29 is 9.32 Å². The van der Waals surface area contributed by atoms with Crippen molar-refractivity contribution in [1.82, 2.24) is 25.2 Å². The van der Waals surface area contributed by atoms with Crippen molar-refractivity contribution in [3.05, 3.63) is 53.2 Å². The Hall–Kier alpha value is -2.96. The molecule has 0 saturated heterocycles. The molecular weight excluding hydrogens is 330 g/mol. The van der Waals surface area contributed by atoms with Crippen molar-refractivity contribution >= 4 is 5.91 Å². The number of aryl methyl sites for hydroxylation is 2. The molecule has 3 aromatic rings. The zero-order valence-electron chi connectivity index (χ0n) is 15.3. The van der Waals surface area contributed by atoms with Crippen LogP contribution in [0.5, 0.6) is 0 Å². The van der Waals surface area contributed by atoms with Gasteiger partial charge in [0.2, 0.25) is 17.6 Å². The van der Waals surface area contributed by atoms with Gasteiger partial charge in [-0.25, -0.2) is 0 Å². The molecule has 0 unspecified atom stereocenters. The predicted molar refractivity (Wildman–Crippen MR) is 97.5 cm³/mol. The smallest absolute Gasteiger partial charge is 0.228 e. The number of carbonyl (C=O) groups excluding carboxylic acids is 1. The van der Waals surface area contributed by atoms with E-state index in [0.717, 1.165) is 22.5 Å². The molecule has 26 heavy (non-hydrogen) atoms. The van der Waals surface area contributed by atoms with Gasteiger partial charge in [0.15, 0.2) is 0 Å². The Bertz CT molecular complexity index is 883. The molecule has 1 aromatic carbocycles. The summed E-state index contributed by atoms with van der Waals surface area (Å²) >= 11 is 0. The fourth-order valence-electron chi connectivity index (χ4n) is 2.88. The molecule has 136 valence electrons. The van der Waals surface area contributed by atoms with Gasteiger partial charge in [0, 0.05) is 37.7 Å². The molecule has 1 N–H and O–H groups in total. The summed E-state index contributed by atoms with van der Waals surface area (Å²) in [7, 11) is 1.92. The van der Waals surface area contributed by atoms with Crippen LogP contribution in [0.25, 0.3) is 11.4 Å². The minimum Gasteiger partial charge on any atom is -0.356 e. The lowest BCUT2D eigenvalue weighted by atomic mass is 10.1. The number of rotatable bonds is 7. The maximum Gasteiger partial charge on any atom is 0.228 e. The van der Waals surface area contributed by atoms with Gasteiger partial charge >= 0.3 is 0 Å². The third kappa shape index (κ3) is 4.17. The molecule has 0 bridgehead atoms. The fourth-order valence-corrected chi connectivity index (χ4v) is 2.88. The third-order valence-corrected chi connectivity index (χ3v) is 4.42. The van der Waals surface area contributed by atoms with Gasteiger partial charge in [-0.15, -0.1) is 0 Å². The maximum atomic E-state index is 12.1. The summed E-state index contributed by atoms with van der Waals surface area (Å²) in [4.78, 5) is 16.4. The minimum atomic E-state index is 0.00968. The average Bonchev–Trinajstić information content (AvgIpc) is 3.20. The van der Waals surface area contributed by atoms with Crippen LogP contribution in [0.4, 0.5) is 0 Å². The lowest BCUT2D eigenvalue weighted by Crippen LogP contribution is -2.26. The Labute approximate surface area is 152 Å². The lowest BCUT2D eigenvalue weighted by molar-refractivity contribution is -0.121. The Morgan fingerprint density at radius 1 is 1.19 bits per heavy atom. The van der Waals surface area contributed by atoms with Crippen LogP contribution in [0, 0.1) is 13.8 Å². The van der Waals surface area contributed by atoms with E-state index in [1.54, 1.807) is 0 Å². The molecule has 7 heteroatoms. The van der Waals surface area contributed by atoms with Crippen LogP contribution in [-0.2, 0) is 24.7 Å². The normalized spacial score (nSPS) is 10.9. The lowest BCUT2D eigenvalue weighted by Gasteiger charge is -2.04. The van der Waals surface area contributed by atoms with E-state index < -0.39 is 0 Å². The first-order valence-corrected chi connectivity index (χ1v) is 8.68. The largest absolute Gasteiger partial charge is 0.356 e. The molecule has 0 saturated carbocycles. The van der Waals surface area contributed by atoms with Gasteiger partial charge in [-0.2, -0.15) is 10.1 Å². The summed E-state index contributed by atoms with van der Waals surface area (Å²) < 4.78 is 7.09. The number of nitrogens with zero attached hydrogens (tertiary/aromatic N) is 4. The molecule has 0 spiro atoms. The van der Waals surface area contributed by atoms with E-state index in [1.807, 2.05) is 55.9 Å². The summed E-state index contributed by atoms with van der Waals surface area (Å²) in [5.41, 5.74) is 4.15. The van der Waals surface area contributed by atoms with E-state index in [9.17, 15) is 4.79 Å². The molecule has 2 heterocycles. The highest BCUT2D eigenvalue weighted by molar-refractivity contribution is 5.76. The first-order chi connectivity index (χ1) is 12.5. The van der Waals surface area contributed by atoms with E-state index in [2.05, 4.69) is 20.6 Å². The molecule has 0 fully saturated rings. The number of hydrogen-bond donors (Lipinski definition) is 1. The predicted octanol–water partition coefficient (Wildman–Crippen LogP) is 2.38. The van der Waals surface area contributed by atoms with Gasteiger partial charge in [-0.3, -0.25) is 9.48 Å². The molecule has 0 atom stereocenters. The van der Waals surface area contributed by atoms with E-state index in [-0.39, 0.29) is 5.91 Å². The van der Waals surface area contributed by atoms with Crippen molar-refractivity contribution in [3.8, 4) is 11.4 Å². The fraction of sp³-hybridized carbons (Fsp3) is 0.368. The van der Waals surface area contributed by atoms with Crippen molar-refractivity contribution in [2.24, 2.45) is 7.05 Å². The van der Waals surface area contributed by atoms with Crippen molar-refractivity contribution in [3.63, 3.8) is 0 Å². The third-order valence-electron chi connectivity index (χ3n) is 4.42. The number of aromatic nitrogens is 4. The van der Waals surface area contributed by atoms with E-state index in [0.29, 0.717) is 37.5 Å². The second-order valence-electron chi connectivity index (χ2n) is 6.25. The maximum absolute atomic E-state index is 12.1. The topological polar surface area (TPSA) is 85.8 Å². The summed E-state index contributed by atoms with van der Waals surface area (Å²) in [5.74, 6) is 1.09. The van der Waals surface area contributed by atoms with E-state index in [4.69, 9.17) is 4.52 Å². The highest BCUT2D eigenvalue weighted by Gasteiger charge is 2.12. The Kier molecular flexibility index (Phi) is 5.46. The monoisotopic (exact) mass is 353 g/mol. The standard InChI is InChI=1S/C19H23N5O2/c1-13-16(14(2)24(3)22-13)9-10-17(25)20-12-11-18-21-19(23-26-18)15-7-5-4-6-8-15/h4-8H,9-12H2,1-3H3,(H,20,25). The first kappa shape index (κ1) is 17.8. The zero-order valence-corrected chi connectivity index (χ0v) is 15.3. The summed E-state index contributed by atoms with van der Waals surface area (Å²) in [5, 5.41) is 11.3. The summed E-state index contributed by atoms with van der Waals surface area (Å²) in [6.07, 6.45) is 1.64. The molecule has 0 aliphatic rings. The van der Waals surface area contributed by atoms with Crippen molar-refractivity contribution in [2.75, 3.05) is 6.54 Å². The molecule has 0 aliphatic carbocycles. The second-order valence-corrected chi connectivity index (χ2v) is 6.25. The molecule has 1 amide bonds. The van der Waals surface area contributed by atoms with Crippen LogP contribution in [0.1, 0.15) is 29.3 Å². The van der Waals surface area contributed by atoms with Crippen LogP contribution < -0.4 is 5.32 Å². The Morgan fingerprint density at radius 3 is 2.65 bits per heavy atom. The second kappa shape index (κ2) is 7.95. The van der Waals surface area contributed by atoms with Crippen LogP contribution in [-0.4, -0.2) is 32.4 Å². The van der Waals surface area contributed by atoms with Crippen LogP contribution in [0.3, 0.4) is 0 Å². The number of nitrogens with one attached hydrogen (secondary N) is 1. The highest BCUT2D eigenvalue weighted by atomic mass is 16.5. The van der Waals surface area contributed by atoms with Gasteiger partial charge in [-0.1, -0.05) is 35.5 Å². The van der Waals surface area contributed by atoms with Gasteiger partial charge in [0.05, 0.1) is 5.69 Å². The average molecular weight is 353 g/mol. The van der Waals surface area contributed by atoms with Crippen LogP contribution in [0.15, 0.2) is 34.9 Å². The first-order valence-electron chi connectivity index (χ1n) is 8.68. The van der Waals surface area contributed by atoms with E-state index >= 15 is 0 Å². The molecule has 2 aromatic heterocycles. The van der Waals surface area contributed by atoms with Gasteiger partial charge < -0.3 is 9.84 Å². The number of carbonyl (C=O) groups is 1. The molecule has 0 aliphatic heterocycles.